The highest BCUT2D eigenvalue weighted by Crippen LogP contribution is 2.40. The molecule has 0 amide bonds. The third-order valence-electron chi connectivity index (χ3n) is 6.00. The van der Waals surface area contributed by atoms with Crippen molar-refractivity contribution in [2.45, 2.75) is 51.4 Å². The summed E-state index contributed by atoms with van der Waals surface area (Å²) in [4.78, 5) is 26.7. The molecule has 2 heterocycles. The van der Waals surface area contributed by atoms with Crippen molar-refractivity contribution in [3.05, 3.63) is 38.3 Å². The summed E-state index contributed by atoms with van der Waals surface area (Å²) in [6.07, 6.45) is 0.384. The van der Waals surface area contributed by atoms with Gasteiger partial charge in [0.15, 0.2) is 0 Å². The van der Waals surface area contributed by atoms with Crippen LogP contribution < -0.4 is 27.7 Å². The molecule has 9 heteroatoms. The van der Waals surface area contributed by atoms with E-state index in [0.717, 1.165) is 18.9 Å². The van der Waals surface area contributed by atoms with Crippen molar-refractivity contribution < 1.29 is 8.78 Å². The molecular weight excluding hydrogens is 368 g/mol. The molecule has 1 aromatic carbocycles. The van der Waals surface area contributed by atoms with Crippen molar-refractivity contribution in [2.75, 3.05) is 23.8 Å². The van der Waals surface area contributed by atoms with Gasteiger partial charge in [0.2, 0.25) is 0 Å². The fourth-order valence-corrected chi connectivity index (χ4v) is 4.37. The van der Waals surface area contributed by atoms with Crippen LogP contribution in [0, 0.1) is 18.7 Å². The number of halogens is 2. The first-order valence-corrected chi connectivity index (χ1v) is 9.45. The average Bonchev–Trinajstić information content (AvgIpc) is 3.35. The maximum atomic E-state index is 15.1. The third-order valence-corrected chi connectivity index (χ3v) is 6.00. The van der Waals surface area contributed by atoms with Crippen molar-refractivity contribution in [3.63, 3.8) is 0 Å². The molecular formula is C19H25F2N5O2. The van der Waals surface area contributed by atoms with Crippen LogP contribution >= 0.6 is 0 Å². The maximum absolute atomic E-state index is 15.1. The molecule has 0 unspecified atom stereocenters. The Morgan fingerprint density at radius 2 is 1.86 bits per heavy atom. The topological polar surface area (TPSA) is 99.3 Å². The molecule has 2 aliphatic rings. The summed E-state index contributed by atoms with van der Waals surface area (Å²) in [5.74, 6) is 4.55. The molecule has 7 nitrogen and oxygen atoms in total. The number of hydrogen-bond donors (Lipinski definition) is 2. The fourth-order valence-electron chi connectivity index (χ4n) is 4.37. The molecule has 28 heavy (non-hydrogen) atoms. The second-order valence-electron chi connectivity index (χ2n) is 8.64. The Kier molecular flexibility index (Phi) is 4.08. The van der Waals surface area contributed by atoms with Crippen LogP contribution in [0.5, 0.6) is 0 Å². The number of aromatic nitrogens is 2. The number of rotatable bonds is 3. The summed E-state index contributed by atoms with van der Waals surface area (Å²) in [5.41, 5.74) is 5.03. The van der Waals surface area contributed by atoms with Gasteiger partial charge in [-0.3, -0.25) is 9.36 Å². The molecule has 1 aliphatic heterocycles. The molecule has 1 aliphatic carbocycles. The molecule has 1 saturated carbocycles. The standard InChI is InChI=1S/C19H25F2N5O2/c1-9-15-11(17(27)26(23)18(28)25(15)10-4-5-10)6-13(20)16(9)24-7-12(14(21)8-24)19(2,3)22/h6,10,12,14H,4-5,7-8,22-23H2,1-3H3/t12-,14+/m0/s1. The van der Waals surface area contributed by atoms with Gasteiger partial charge < -0.3 is 16.5 Å². The molecule has 0 bridgehead atoms. The SMILES string of the molecule is Cc1c(N2C[C@@H](F)[C@@H](C(C)(C)N)C2)c(F)cc2c(=O)n(N)c(=O)n(C3CC3)c12. The lowest BCUT2D eigenvalue weighted by Crippen LogP contribution is -2.45. The van der Waals surface area contributed by atoms with Crippen LogP contribution in [-0.4, -0.2) is 34.0 Å². The number of hydrogen-bond acceptors (Lipinski definition) is 5. The smallest absolute Gasteiger partial charge is 0.350 e. The summed E-state index contributed by atoms with van der Waals surface area (Å²) in [5, 5.41) is 0.0550. The Labute approximate surface area is 160 Å². The lowest BCUT2D eigenvalue weighted by molar-refractivity contribution is 0.208. The van der Waals surface area contributed by atoms with Gasteiger partial charge in [-0.25, -0.2) is 13.6 Å². The first kappa shape index (κ1) is 18.9. The molecule has 1 aromatic heterocycles. The van der Waals surface area contributed by atoms with Gasteiger partial charge in [0.1, 0.15) is 12.0 Å². The van der Waals surface area contributed by atoms with E-state index in [1.165, 1.54) is 4.57 Å². The Morgan fingerprint density at radius 3 is 2.39 bits per heavy atom. The lowest BCUT2D eigenvalue weighted by atomic mass is 9.87. The van der Waals surface area contributed by atoms with Gasteiger partial charge in [0.25, 0.3) is 5.56 Å². The van der Waals surface area contributed by atoms with E-state index >= 15 is 4.39 Å². The molecule has 2 aromatic rings. The van der Waals surface area contributed by atoms with E-state index < -0.39 is 34.7 Å². The van der Waals surface area contributed by atoms with Crippen LogP contribution in [0.4, 0.5) is 14.5 Å². The van der Waals surface area contributed by atoms with Crippen LogP contribution in [0.15, 0.2) is 15.7 Å². The number of nitrogens with zero attached hydrogens (tertiary/aromatic N) is 3. The maximum Gasteiger partial charge on any atom is 0.350 e. The molecule has 4 rings (SSSR count). The molecule has 2 atom stereocenters. The second-order valence-corrected chi connectivity index (χ2v) is 8.64. The molecule has 0 radical (unpaired) electrons. The quantitative estimate of drug-likeness (QED) is 0.763. The van der Waals surface area contributed by atoms with Gasteiger partial charge >= 0.3 is 5.69 Å². The summed E-state index contributed by atoms with van der Waals surface area (Å²) in [7, 11) is 0. The summed E-state index contributed by atoms with van der Waals surface area (Å²) < 4.78 is 31.7. The van der Waals surface area contributed by atoms with Gasteiger partial charge in [0, 0.05) is 36.2 Å². The van der Waals surface area contributed by atoms with Crippen molar-refractivity contribution in [1.29, 1.82) is 0 Å². The first-order valence-electron chi connectivity index (χ1n) is 9.45. The van der Waals surface area contributed by atoms with E-state index in [1.54, 1.807) is 25.7 Å². The minimum absolute atomic E-state index is 0.0101. The summed E-state index contributed by atoms with van der Waals surface area (Å²) in [6.45, 7) is 5.44. The van der Waals surface area contributed by atoms with Crippen molar-refractivity contribution in [3.8, 4) is 0 Å². The predicted molar refractivity (Wildman–Crippen MR) is 104 cm³/mol. The highest BCUT2D eigenvalue weighted by atomic mass is 19.1. The molecule has 1 saturated heterocycles. The van der Waals surface area contributed by atoms with Crippen LogP contribution in [0.25, 0.3) is 10.9 Å². The largest absolute Gasteiger partial charge is 0.366 e. The number of nitrogen functional groups attached to an aromatic ring is 1. The summed E-state index contributed by atoms with van der Waals surface area (Å²) >= 11 is 0. The Balaban J connectivity index is 1.95. The van der Waals surface area contributed by atoms with Crippen LogP contribution in [0.3, 0.4) is 0 Å². The second kappa shape index (κ2) is 6.04. The monoisotopic (exact) mass is 393 g/mol. The molecule has 4 N–H and O–H groups in total. The van der Waals surface area contributed by atoms with Crippen LogP contribution in [0.2, 0.25) is 0 Å². The number of fused-ring (bicyclic) bond motifs is 1. The minimum atomic E-state index is -1.20. The molecule has 2 fully saturated rings. The van der Waals surface area contributed by atoms with E-state index in [9.17, 15) is 14.0 Å². The average molecular weight is 393 g/mol. The predicted octanol–water partition coefficient (Wildman–Crippen LogP) is 1.17. The van der Waals surface area contributed by atoms with Crippen LogP contribution in [0.1, 0.15) is 38.3 Å². The van der Waals surface area contributed by atoms with Gasteiger partial charge in [-0.1, -0.05) is 0 Å². The van der Waals surface area contributed by atoms with Crippen LogP contribution in [-0.2, 0) is 0 Å². The number of benzene rings is 1. The summed E-state index contributed by atoms with van der Waals surface area (Å²) in [6, 6.07) is 1.04. The molecule has 0 spiro atoms. The zero-order chi connectivity index (χ0) is 20.5. The van der Waals surface area contributed by atoms with Gasteiger partial charge in [-0.05, 0) is 39.7 Å². The normalized spacial score (nSPS) is 23.0. The van der Waals surface area contributed by atoms with E-state index in [-0.39, 0.29) is 30.2 Å². The molecule has 152 valence electrons. The zero-order valence-corrected chi connectivity index (χ0v) is 16.2. The first-order chi connectivity index (χ1) is 13.0. The van der Waals surface area contributed by atoms with E-state index in [4.69, 9.17) is 11.6 Å². The van der Waals surface area contributed by atoms with E-state index in [1.807, 2.05) is 0 Å². The Morgan fingerprint density at radius 1 is 1.21 bits per heavy atom. The Hall–Kier alpha value is -2.42. The zero-order valence-electron chi connectivity index (χ0n) is 16.2. The van der Waals surface area contributed by atoms with Gasteiger partial charge in [0.05, 0.1) is 16.6 Å². The van der Waals surface area contributed by atoms with E-state index in [0.29, 0.717) is 15.8 Å². The van der Waals surface area contributed by atoms with Crippen molar-refractivity contribution in [1.82, 2.24) is 9.24 Å². The number of aryl methyl sites for hydroxylation is 1. The highest BCUT2D eigenvalue weighted by molar-refractivity contribution is 5.87. The lowest BCUT2D eigenvalue weighted by Gasteiger charge is -2.29. The van der Waals surface area contributed by atoms with E-state index in [2.05, 4.69) is 0 Å². The van der Waals surface area contributed by atoms with Gasteiger partial charge in [-0.15, -0.1) is 0 Å². The minimum Gasteiger partial charge on any atom is -0.366 e. The number of anilines is 1. The third kappa shape index (κ3) is 2.71. The highest BCUT2D eigenvalue weighted by Gasteiger charge is 2.42. The van der Waals surface area contributed by atoms with Crippen molar-refractivity contribution in [2.24, 2.45) is 11.7 Å². The van der Waals surface area contributed by atoms with Gasteiger partial charge in [-0.2, -0.15) is 4.68 Å². The number of nitrogens with two attached hydrogens (primary N) is 2. The fraction of sp³-hybridized carbons (Fsp3) is 0.579. The number of alkyl halides is 1. The Bertz CT molecular complexity index is 1080. The van der Waals surface area contributed by atoms with Crippen molar-refractivity contribution >= 4 is 16.6 Å².